The minimum absolute atomic E-state index is 0.00665. The molecule has 0 fully saturated rings. The predicted molar refractivity (Wildman–Crippen MR) is 124 cm³/mol. The van der Waals surface area contributed by atoms with E-state index in [0.29, 0.717) is 5.39 Å². The van der Waals surface area contributed by atoms with Crippen LogP contribution in [0.15, 0.2) is 93.7 Å². The maximum absolute atomic E-state index is 13.4. The molecule has 1 atom stereocenters. The lowest BCUT2D eigenvalue weighted by Crippen LogP contribution is -2.27. The Morgan fingerprint density at radius 2 is 1.62 bits per heavy atom. The first kappa shape index (κ1) is 19.8. The van der Waals surface area contributed by atoms with Gasteiger partial charge < -0.3 is 0 Å². The standard InChI is InChI=1S/C24H22N2OS2/c1-17(19-8-4-3-5-9-19)26-23(27)21-10-6-7-11-22(21)25-24(26)29-16-18-12-14-20(28-2)15-13-18/h3-15,17H,16H2,1-2H3. The highest BCUT2D eigenvalue weighted by atomic mass is 32.2. The first-order valence-corrected chi connectivity index (χ1v) is 11.7. The van der Waals surface area contributed by atoms with Crippen LogP contribution in [0.2, 0.25) is 0 Å². The quantitative estimate of drug-likeness (QED) is 0.283. The molecular formula is C24H22N2OS2. The number of para-hydroxylation sites is 1. The molecular weight excluding hydrogens is 396 g/mol. The molecule has 3 aromatic carbocycles. The zero-order valence-electron chi connectivity index (χ0n) is 16.4. The number of benzene rings is 3. The summed E-state index contributed by atoms with van der Waals surface area (Å²) in [6.45, 7) is 2.06. The Balaban J connectivity index is 1.75. The Morgan fingerprint density at radius 1 is 0.931 bits per heavy atom. The molecule has 3 nitrogen and oxygen atoms in total. The van der Waals surface area contributed by atoms with Crippen molar-refractivity contribution in [3.05, 3.63) is 100 Å². The summed E-state index contributed by atoms with van der Waals surface area (Å²) in [5.74, 6) is 0.765. The van der Waals surface area contributed by atoms with Crippen molar-refractivity contribution < 1.29 is 0 Å². The van der Waals surface area contributed by atoms with Gasteiger partial charge >= 0.3 is 0 Å². The van der Waals surface area contributed by atoms with Crippen LogP contribution < -0.4 is 5.56 Å². The molecule has 0 saturated heterocycles. The van der Waals surface area contributed by atoms with Crippen molar-refractivity contribution in [2.75, 3.05) is 6.26 Å². The highest BCUT2D eigenvalue weighted by molar-refractivity contribution is 7.98. The number of nitrogens with zero attached hydrogens (tertiary/aromatic N) is 2. The first-order valence-electron chi connectivity index (χ1n) is 9.49. The zero-order valence-corrected chi connectivity index (χ0v) is 18.0. The Hall–Kier alpha value is -2.50. The minimum Gasteiger partial charge on any atom is -0.280 e. The molecule has 146 valence electrons. The molecule has 0 amide bonds. The van der Waals surface area contributed by atoms with Crippen molar-refractivity contribution in [3.8, 4) is 0 Å². The molecule has 0 spiro atoms. The average molecular weight is 419 g/mol. The fourth-order valence-corrected chi connectivity index (χ4v) is 4.76. The number of rotatable bonds is 6. The zero-order chi connectivity index (χ0) is 20.2. The summed E-state index contributed by atoms with van der Waals surface area (Å²) in [5, 5.41) is 1.41. The highest BCUT2D eigenvalue weighted by Gasteiger charge is 2.18. The number of fused-ring (bicyclic) bond motifs is 1. The molecule has 0 bridgehead atoms. The lowest BCUT2D eigenvalue weighted by molar-refractivity contribution is 0.548. The van der Waals surface area contributed by atoms with E-state index in [2.05, 4.69) is 49.6 Å². The Bertz CT molecular complexity index is 1170. The van der Waals surface area contributed by atoms with Crippen molar-refractivity contribution in [1.29, 1.82) is 0 Å². The van der Waals surface area contributed by atoms with Gasteiger partial charge in [0.05, 0.1) is 16.9 Å². The monoisotopic (exact) mass is 418 g/mol. The molecule has 0 N–H and O–H groups in total. The molecule has 5 heteroatoms. The summed E-state index contributed by atoms with van der Waals surface area (Å²) in [5.41, 5.74) is 3.06. The molecule has 4 rings (SSSR count). The van der Waals surface area contributed by atoms with E-state index in [9.17, 15) is 4.79 Å². The fourth-order valence-electron chi connectivity index (χ4n) is 3.32. The smallest absolute Gasteiger partial charge is 0.262 e. The Labute approximate surface area is 179 Å². The molecule has 1 heterocycles. The molecule has 0 aliphatic heterocycles. The summed E-state index contributed by atoms with van der Waals surface area (Å²) in [6, 6.07) is 26.2. The van der Waals surface area contributed by atoms with Crippen LogP contribution in [0.3, 0.4) is 0 Å². The minimum atomic E-state index is -0.0952. The lowest BCUT2D eigenvalue weighted by Gasteiger charge is -2.20. The molecule has 0 aliphatic carbocycles. The molecule has 0 saturated carbocycles. The summed E-state index contributed by atoms with van der Waals surface area (Å²) in [6.07, 6.45) is 2.08. The van der Waals surface area contributed by atoms with Gasteiger partial charge in [-0.2, -0.15) is 0 Å². The molecule has 1 aromatic heterocycles. The van der Waals surface area contributed by atoms with E-state index < -0.39 is 0 Å². The van der Waals surface area contributed by atoms with Crippen LogP contribution in [-0.2, 0) is 5.75 Å². The van der Waals surface area contributed by atoms with E-state index in [1.807, 2.05) is 47.0 Å². The van der Waals surface area contributed by atoms with Crippen molar-refractivity contribution in [3.63, 3.8) is 0 Å². The second-order valence-electron chi connectivity index (χ2n) is 6.81. The maximum atomic E-state index is 13.4. The van der Waals surface area contributed by atoms with Crippen LogP contribution in [0.5, 0.6) is 0 Å². The number of aromatic nitrogens is 2. The Morgan fingerprint density at radius 3 is 2.34 bits per heavy atom. The van der Waals surface area contributed by atoms with Crippen molar-refractivity contribution >= 4 is 34.4 Å². The summed E-state index contributed by atoms with van der Waals surface area (Å²) >= 11 is 3.35. The van der Waals surface area contributed by atoms with E-state index in [4.69, 9.17) is 4.98 Å². The summed E-state index contributed by atoms with van der Waals surface area (Å²) < 4.78 is 1.83. The fraction of sp³-hybridized carbons (Fsp3) is 0.167. The summed E-state index contributed by atoms with van der Waals surface area (Å²) in [7, 11) is 0. The van der Waals surface area contributed by atoms with Crippen LogP contribution in [0.4, 0.5) is 0 Å². The van der Waals surface area contributed by atoms with Gasteiger partial charge in [0.2, 0.25) is 0 Å². The predicted octanol–water partition coefficient (Wildman–Crippen LogP) is 6.02. The molecule has 1 unspecified atom stereocenters. The van der Waals surface area contributed by atoms with Gasteiger partial charge in [-0.1, -0.05) is 66.4 Å². The van der Waals surface area contributed by atoms with Crippen LogP contribution >= 0.6 is 23.5 Å². The van der Waals surface area contributed by atoms with E-state index in [0.717, 1.165) is 22.0 Å². The topological polar surface area (TPSA) is 34.9 Å². The number of hydrogen-bond donors (Lipinski definition) is 0. The SMILES string of the molecule is CSc1ccc(CSc2nc3ccccc3c(=O)n2C(C)c2ccccc2)cc1. The average Bonchev–Trinajstić information content (AvgIpc) is 2.78. The van der Waals surface area contributed by atoms with Gasteiger partial charge in [-0.3, -0.25) is 9.36 Å². The molecule has 0 aliphatic rings. The van der Waals surface area contributed by atoms with Crippen LogP contribution in [0.1, 0.15) is 24.1 Å². The van der Waals surface area contributed by atoms with Gasteiger partial charge in [0.25, 0.3) is 5.56 Å². The van der Waals surface area contributed by atoms with Crippen molar-refractivity contribution in [1.82, 2.24) is 9.55 Å². The first-order chi connectivity index (χ1) is 14.2. The van der Waals surface area contributed by atoms with Crippen LogP contribution in [0, 0.1) is 0 Å². The molecule has 0 radical (unpaired) electrons. The van der Waals surface area contributed by atoms with E-state index >= 15 is 0 Å². The van der Waals surface area contributed by atoms with Gasteiger partial charge in [-0.25, -0.2) is 4.98 Å². The van der Waals surface area contributed by atoms with Gasteiger partial charge in [0.1, 0.15) is 0 Å². The van der Waals surface area contributed by atoms with Gasteiger partial charge in [-0.15, -0.1) is 11.8 Å². The van der Waals surface area contributed by atoms with Gasteiger partial charge in [0, 0.05) is 10.6 Å². The van der Waals surface area contributed by atoms with E-state index in [1.165, 1.54) is 10.5 Å². The Kier molecular flexibility index (Phi) is 6.07. The van der Waals surface area contributed by atoms with Crippen LogP contribution in [-0.4, -0.2) is 15.8 Å². The van der Waals surface area contributed by atoms with Gasteiger partial charge in [0.15, 0.2) is 5.16 Å². The molecule has 29 heavy (non-hydrogen) atoms. The lowest BCUT2D eigenvalue weighted by atomic mass is 10.1. The second kappa shape index (κ2) is 8.89. The van der Waals surface area contributed by atoms with Crippen molar-refractivity contribution in [2.24, 2.45) is 0 Å². The van der Waals surface area contributed by atoms with E-state index in [-0.39, 0.29) is 11.6 Å². The maximum Gasteiger partial charge on any atom is 0.262 e. The third kappa shape index (κ3) is 4.26. The third-order valence-electron chi connectivity index (χ3n) is 4.97. The largest absolute Gasteiger partial charge is 0.280 e. The summed E-state index contributed by atoms with van der Waals surface area (Å²) in [4.78, 5) is 19.5. The van der Waals surface area contributed by atoms with Gasteiger partial charge in [-0.05, 0) is 48.6 Å². The third-order valence-corrected chi connectivity index (χ3v) is 6.74. The highest BCUT2D eigenvalue weighted by Crippen LogP contribution is 2.27. The number of thioether (sulfide) groups is 2. The van der Waals surface area contributed by atoms with Crippen molar-refractivity contribution in [2.45, 2.75) is 28.8 Å². The number of hydrogen-bond acceptors (Lipinski definition) is 4. The second-order valence-corrected chi connectivity index (χ2v) is 8.63. The van der Waals surface area contributed by atoms with Crippen LogP contribution in [0.25, 0.3) is 10.9 Å². The van der Waals surface area contributed by atoms with E-state index in [1.54, 1.807) is 23.5 Å². The normalized spacial score (nSPS) is 12.2. The molecule has 4 aromatic rings.